The molecule has 10 aromatic carbocycles. The Labute approximate surface area is 342 Å². The first-order valence-corrected chi connectivity index (χ1v) is 20.3. The molecule has 59 heavy (non-hydrogen) atoms. The highest BCUT2D eigenvalue weighted by Gasteiger charge is 2.46. The zero-order valence-corrected chi connectivity index (χ0v) is 32.2. The van der Waals surface area contributed by atoms with Crippen molar-refractivity contribution in [1.82, 2.24) is 0 Å². The fraction of sp³-hybridized carbons (Fsp3) is 0.0175. The fourth-order valence-corrected chi connectivity index (χ4v) is 9.93. The van der Waals surface area contributed by atoms with Gasteiger partial charge in [0.05, 0.1) is 5.41 Å². The van der Waals surface area contributed by atoms with Gasteiger partial charge in [0.25, 0.3) is 0 Å². The third-order valence-electron chi connectivity index (χ3n) is 12.5. The van der Waals surface area contributed by atoms with Gasteiger partial charge < -0.3 is 9.32 Å². The first-order chi connectivity index (χ1) is 29.3. The van der Waals surface area contributed by atoms with E-state index in [-0.39, 0.29) is 0 Å². The highest BCUT2D eigenvalue weighted by atomic mass is 16.3. The normalized spacial score (nSPS) is 12.9. The maximum absolute atomic E-state index is 6.49. The van der Waals surface area contributed by atoms with E-state index in [9.17, 15) is 0 Å². The van der Waals surface area contributed by atoms with Crippen molar-refractivity contribution >= 4 is 60.5 Å². The third kappa shape index (κ3) is 5.06. The van der Waals surface area contributed by atoms with E-state index in [4.69, 9.17) is 4.42 Å². The summed E-state index contributed by atoms with van der Waals surface area (Å²) in [5.41, 5.74) is 14.7. The zero-order valence-electron chi connectivity index (χ0n) is 32.2. The van der Waals surface area contributed by atoms with Crippen LogP contribution in [0.15, 0.2) is 229 Å². The number of anilines is 3. The van der Waals surface area contributed by atoms with Gasteiger partial charge in [0.15, 0.2) is 0 Å². The fourth-order valence-electron chi connectivity index (χ4n) is 9.93. The zero-order chi connectivity index (χ0) is 38.9. The van der Waals surface area contributed by atoms with E-state index in [1.165, 1.54) is 60.7 Å². The standard InChI is InChI=1S/C57H37NO/c1-3-14-42(15-4-1)57(52-23-10-7-20-48(52)49-21-8-11-24-53(49)57)43-16-13-19-46(37-43)58(44-17-5-2-6-18-44)45-32-28-38(29-33-45)40-31-34-47-41(36-40)27-26-39-30-35-51-50-22-9-12-25-54(50)59-56(51)55(39)47/h1-37H. The van der Waals surface area contributed by atoms with Crippen molar-refractivity contribution in [1.29, 1.82) is 0 Å². The van der Waals surface area contributed by atoms with Crippen LogP contribution in [0.1, 0.15) is 22.3 Å². The molecule has 0 saturated heterocycles. The second-order valence-electron chi connectivity index (χ2n) is 15.6. The lowest BCUT2D eigenvalue weighted by Gasteiger charge is -2.35. The number of hydrogen-bond acceptors (Lipinski definition) is 2. The maximum atomic E-state index is 6.49. The molecule has 0 aliphatic heterocycles. The summed E-state index contributed by atoms with van der Waals surface area (Å²) >= 11 is 0. The van der Waals surface area contributed by atoms with Crippen LogP contribution in [0.25, 0.3) is 65.7 Å². The molecule has 1 heterocycles. The molecule has 2 heteroatoms. The van der Waals surface area contributed by atoms with Crippen LogP contribution in [-0.2, 0) is 5.41 Å². The Morgan fingerprint density at radius 3 is 1.71 bits per heavy atom. The van der Waals surface area contributed by atoms with Crippen molar-refractivity contribution in [2.75, 3.05) is 4.90 Å². The Bertz CT molecular complexity index is 3330. The summed E-state index contributed by atoms with van der Waals surface area (Å²) < 4.78 is 6.49. The molecule has 0 atom stereocenters. The largest absolute Gasteiger partial charge is 0.455 e. The van der Waals surface area contributed by atoms with Crippen LogP contribution in [0.2, 0.25) is 0 Å². The SMILES string of the molecule is c1ccc(N(c2ccc(-c3ccc4c(ccc5ccc6c7ccccc7oc6c54)c3)cc2)c2cccc(C3(c4ccccc4)c4ccccc4-c4ccccc43)c2)cc1. The highest BCUT2D eigenvalue weighted by Crippen LogP contribution is 2.56. The summed E-state index contributed by atoms with van der Waals surface area (Å²) in [5.74, 6) is 0. The van der Waals surface area contributed by atoms with Gasteiger partial charge in [-0.25, -0.2) is 0 Å². The van der Waals surface area contributed by atoms with E-state index < -0.39 is 5.41 Å². The summed E-state index contributed by atoms with van der Waals surface area (Å²) in [6, 6.07) is 81.8. The molecule has 1 aliphatic carbocycles. The number of fused-ring (bicyclic) bond motifs is 10. The minimum absolute atomic E-state index is 0.478. The molecule has 2 nitrogen and oxygen atoms in total. The van der Waals surface area contributed by atoms with Gasteiger partial charge in [-0.05, 0) is 115 Å². The van der Waals surface area contributed by atoms with Crippen LogP contribution < -0.4 is 4.90 Å². The van der Waals surface area contributed by atoms with E-state index in [0.717, 1.165) is 44.4 Å². The van der Waals surface area contributed by atoms with Crippen molar-refractivity contribution in [2.45, 2.75) is 5.41 Å². The van der Waals surface area contributed by atoms with Crippen molar-refractivity contribution < 1.29 is 4.42 Å². The Balaban J connectivity index is 0.974. The molecule has 0 saturated carbocycles. The number of hydrogen-bond donors (Lipinski definition) is 0. The lowest BCUT2D eigenvalue weighted by atomic mass is 9.67. The molecule has 0 unspecified atom stereocenters. The lowest BCUT2D eigenvalue weighted by molar-refractivity contribution is 0.673. The number of nitrogens with zero attached hydrogens (tertiary/aromatic N) is 1. The van der Waals surface area contributed by atoms with Crippen LogP contribution in [-0.4, -0.2) is 0 Å². The second-order valence-corrected chi connectivity index (χ2v) is 15.6. The molecule has 0 N–H and O–H groups in total. The van der Waals surface area contributed by atoms with Crippen LogP contribution >= 0.6 is 0 Å². The molecule has 0 amide bonds. The Morgan fingerprint density at radius 1 is 0.356 bits per heavy atom. The lowest BCUT2D eigenvalue weighted by Crippen LogP contribution is -2.28. The van der Waals surface area contributed by atoms with Gasteiger partial charge in [-0.15, -0.1) is 0 Å². The molecule has 0 radical (unpaired) electrons. The van der Waals surface area contributed by atoms with Crippen LogP contribution in [0.5, 0.6) is 0 Å². The quantitative estimate of drug-likeness (QED) is 0.157. The molecular formula is C57H37NO. The van der Waals surface area contributed by atoms with Crippen LogP contribution in [0, 0.1) is 0 Å². The highest BCUT2D eigenvalue weighted by molar-refractivity contribution is 6.23. The van der Waals surface area contributed by atoms with Crippen LogP contribution in [0.4, 0.5) is 17.1 Å². The monoisotopic (exact) mass is 751 g/mol. The summed E-state index contributed by atoms with van der Waals surface area (Å²) in [4.78, 5) is 2.38. The average Bonchev–Trinajstić information content (AvgIpc) is 3.84. The molecule has 276 valence electrons. The molecule has 1 aromatic heterocycles. The van der Waals surface area contributed by atoms with E-state index >= 15 is 0 Å². The molecule has 1 aliphatic rings. The molecule has 0 fully saturated rings. The Kier molecular flexibility index (Phi) is 7.48. The predicted molar refractivity (Wildman–Crippen MR) is 246 cm³/mol. The average molecular weight is 752 g/mol. The van der Waals surface area contributed by atoms with Crippen molar-refractivity contribution in [2.24, 2.45) is 0 Å². The van der Waals surface area contributed by atoms with Gasteiger partial charge in [0.1, 0.15) is 11.2 Å². The topological polar surface area (TPSA) is 16.4 Å². The minimum Gasteiger partial charge on any atom is -0.455 e. The summed E-state index contributed by atoms with van der Waals surface area (Å²) in [6.07, 6.45) is 0. The van der Waals surface area contributed by atoms with Crippen molar-refractivity contribution in [3.8, 4) is 22.3 Å². The minimum atomic E-state index is -0.478. The summed E-state index contributed by atoms with van der Waals surface area (Å²) in [5, 5.41) is 7.04. The first-order valence-electron chi connectivity index (χ1n) is 20.3. The molecular weight excluding hydrogens is 715 g/mol. The van der Waals surface area contributed by atoms with Gasteiger partial charge >= 0.3 is 0 Å². The smallest absolute Gasteiger partial charge is 0.143 e. The van der Waals surface area contributed by atoms with Gasteiger partial charge in [-0.3, -0.25) is 0 Å². The van der Waals surface area contributed by atoms with Crippen LogP contribution in [0.3, 0.4) is 0 Å². The van der Waals surface area contributed by atoms with Gasteiger partial charge in [0, 0.05) is 33.2 Å². The van der Waals surface area contributed by atoms with Gasteiger partial charge in [-0.2, -0.15) is 0 Å². The molecule has 11 aromatic rings. The van der Waals surface area contributed by atoms with Crippen molar-refractivity contribution in [3.63, 3.8) is 0 Å². The Hall–Kier alpha value is -7.68. The molecule has 0 spiro atoms. The molecule has 12 rings (SSSR count). The van der Waals surface area contributed by atoms with Gasteiger partial charge in [-0.1, -0.05) is 170 Å². The second kappa shape index (κ2) is 13.2. The predicted octanol–water partition coefficient (Wildman–Crippen LogP) is 15.4. The van der Waals surface area contributed by atoms with E-state index in [0.29, 0.717) is 0 Å². The number of para-hydroxylation sites is 2. The van der Waals surface area contributed by atoms with E-state index in [1.807, 2.05) is 6.07 Å². The number of rotatable bonds is 6. The first kappa shape index (κ1) is 33.5. The van der Waals surface area contributed by atoms with E-state index in [1.54, 1.807) is 0 Å². The number of furan rings is 1. The summed E-state index contributed by atoms with van der Waals surface area (Å²) in [6.45, 7) is 0. The maximum Gasteiger partial charge on any atom is 0.143 e. The third-order valence-corrected chi connectivity index (χ3v) is 12.5. The van der Waals surface area contributed by atoms with Crippen molar-refractivity contribution in [3.05, 3.63) is 247 Å². The Morgan fingerprint density at radius 2 is 0.932 bits per heavy atom. The number of benzene rings is 10. The summed E-state index contributed by atoms with van der Waals surface area (Å²) in [7, 11) is 0. The van der Waals surface area contributed by atoms with Gasteiger partial charge in [0.2, 0.25) is 0 Å². The molecule has 0 bridgehead atoms. The van der Waals surface area contributed by atoms with E-state index in [2.05, 4.69) is 223 Å².